The predicted molar refractivity (Wildman–Crippen MR) is 272 cm³/mol. The van der Waals surface area contributed by atoms with Crippen LogP contribution >= 0.6 is 0 Å². The average Bonchev–Trinajstić information content (AvgIpc) is 3.69. The molecule has 11 rings (SSSR count). The van der Waals surface area contributed by atoms with Crippen LogP contribution in [0.15, 0.2) is 224 Å². The number of hydrogen-bond acceptors (Lipinski definition) is 3. The van der Waals surface area contributed by atoms with Crippen molar-refractivity contribution < 1.29 is 0 Å². The standard InChI is InChI=1S/C61H46N4/c1-41-18-22-47(23-19-41)57-40-58(63-61(62-57)48-24-20-42(2)21-25-48)54-36-32-49(38-43(54)3)46-28-26-44(27-29-46)45-30-33-52(34-31-45)65-59-17-11-10-16-55(59)56-39-53(35-37-60(56)65)64(50-12-6-4-7-13-50)51-14-8-5-9-15-51/h4-40H,1-3H3. The van der Waals surface area contributed by atoms with Crippen LogP contribution in [0, 0.1) is 20.8 Å². The van der Waals surface area contributed by atoms with E-state index in [2.05, 4.69) is 255 Å². The molecular weight excluding hydrogens is 789 g/mol. The molecule has 0 atom stereocenters. The first-order valence-electron chi connectivity index (χ1n) is 22.2. The largest absolute Gasteiger partial charge is 0.310 e. The van der Waals surface area contributed by atoms with E-state index in [1.165, 1.54) is 55.2 Å². The monoisotopic (exact) mass is 834 g/mol. The van der Waals surface area contributed by atoms with Gasteiger partial charge in [0.05, 0.1) is 22.4 Å². The molecule has 0 aliphatic carbocycles. The van der Waals surface area contributed by atoms with Crippen LogP contribution < -0.4 is 4.90 Å². The van der Waals surface area contributed by atoms with Crippen molar-refractivity contribution in [3.05, 3.63) is 241 Å². The number of aromatic nitrogens is 3. The van der Waals surface area contributed by atoms with E-state index < -0.39 is 0 Å². The quantitative estimate of drug-likeness (QED) is 0.145. The molecule has 310 valence electrons. The molecule has 0 fully saturated rings. The summed E-state index contributed by atoms with van der Waals surface area (Å²) in [5.41, 5.74) is 20.1. The third-order valence-electron chi connectivity index (χ3n) is 12.5. The van der Waals surface area contributed by atoms with Crippen molar-refractivity contribution in [1.82, 2.24) is 14.5 Å². The Bertz CT molecular complexity index is 3360. The van der Waals surface area contributed by atoms with Gasteiger partial charge in [-0.15, -0.1) is 0 Å². The van der Waals surface area contributed by atoms with E-state index >= 15 is 0 Å². The summed E-state index contributed by atoms with van der Waals surface area (Å²) in [6.45, 7) is 6.38. The number of fused-ring (bicyclic) bond motifs is 3. The average molecular weight is 835 g/mol. The molecule has 0 unspecified atom stereocenters. The summed E-state index contributed by atoms with van der Waals surface area (Å²) in [7, 11) is 0. The van der Waals surface area contributed by atoms with Crippen LogP contribution in [0.1, 0.15) is 16.7 Å². The van der Waals surface area contributed by atoms with Crippen LogP contribution in [0.2, 0.25) is 0 Å². The minimum atomic E-state index is 0.726. The number of benzene rings is 9. The molecule has 2 aromatic heterocycles. The molecule has 2 heterocycles. The number of anilines is 3. The lowest BCUT2D eigenvalue weighted by Gasteiger charge is -2.25. The van der Waals surface area contributed by atoms with E-state index in [4.69, 9.17) is 9.97 Å². The van der Waals surface area contributed by atoms with Crippen molar-refractivity contribution in [3.63, 3.8) is 0 Å². The minimum Gasteiger partial charge on any atom is -0.310 e. The molecule has 0 spiro atoms. The first-order valence-corrected chi connectivity index (χ1v) is 22.2. The molecule has 11 aromatic rings. The highest BCUT2D eigenvalue weighted by molar-refractivity contribution is 6.10. The van der Waals surface area contributed by atoms with Gasteiger partial charge < -0.3 is 9.47 Å². The van der Waals surface area contributed by atoms with Crippen LogP contribution in [0.5, 0.6) is 0 Å². The van der Waals surface area contributed by atoms with Crippen LogP contribution in [0.4, 0.5) is 17.1 Å². The van der Waals surface area contributed by atoms with Gasteiger partial charge in [-0.3, -0.25) is 0 Å². The van der Waals surface area contributed by atoms with Gasteiger partial charge in [0.15, 0.2) is 5.82 Å². The molecule has 4 heteroatoms. The Balaban J connectivity index is 0.881. The Morgan fingerprint density at radius 2 is 0.862 bits per heavy atom. The molecular formula is C61H46N4. The maximum absolute atomic E-state index is 5.12. The minimum absolute atomic E-state index is 0.726. The smallest absolute Gasteiger partial charge is 0.160 e. The Morgan fingerprint density at radius 3 is 1.49 bits per heavy atom. The van der Waals surface area contributed by atoms with E-state index in [1.54, 1.807) is 0 Å². The van der Waals surface area contributed by atoms with Gasteiger partial charge >= 0.3 is 0 Å². The topological polar surface area (TPSA) is 34.0 Å². The van der Waals surface area contributed by atoms with E-state index in [-0.39, 0.29) is 0 Å². The Kier molecular flexibility index (Phi) is 10.2. The van der Waals surface area contributed by atoms with Gasteiger partial charge in [0.25, 0.3) is 0 Å². The summed E-state index contributed by atoms with van der Waals surface area (Å²) in [5, 5.41) is 2.44. The molecule has 0 saturated carbocycles. The Labute approximate surface area is 380 Å². The number of aryl methyl sites for hydroxylation is 3. The fourth-order valence-corrected chi connectivity index (χ4v) is 9.06. The number of nitrogens with zero attached hydrogens (tertiary/aromatic N) is 4. The zero-order chi connectivity index (χ0) is 43.9. The SMILES string of the molecule is Cc1ccc(-c2cc(-c3ccc(-c4ccc(-c5ccc(-n6c7ccccc7c7cc(N(c8ccccc8)c8ccccc8)ccc76)cc5)cc4)cc3C)nc(-c3ccc(C)cc3)n2)cc1. The van der Waals surface area contributed by atoms with E-state index in [1.807, 2.05) is 0 Å². The fraction of sp³-hybridized carbons (Fsp3) is 0.0492. The maximum atomic E-state index is 5.12. The van der Waals surface area contributed by atoms with E-state index in [0.29, 0.717) is 0 Å². The molecule has 65 heavy (non-hydrogen) atoms. The highest BCUT2D eigenvalue weighted by Crippen LogP contribution is 2.40. The van der Waals surface area contributed by atoms with Gasteiger partial charge in [-0.1, -0.05) is 169 Å². The molecule has 0 radical (unpaired) electrons. The molecule has 4 nitrogen and oxygen atoms in total. The van der Waals surface area contributed by atoms with Gasteiger partial charge in [-0.25, -0.2) is 9.97 Å². The molecule has 0 aliphatic heterocycles. The van der Waals surface area contributed by atoms with Crippen LogP contribution in [0.25, 0.3) is 83.6 Å². The molecule has 0 N–H and O–H groups in total. The molecule has 0 saturated heterocycles. The van der Waals surface area contributed by atoms with Gasteiger partial charge in [0.2, 0.25) is 0 Å². The Morgan fingerprint density at radius 1 is 0.354 bits per heavy atom. The van der Waals surface area contributed by atoms with Crippen molar-refractivity contribution in [3.8, 4) is 61.8 Å². The molecule has 0 bridgehead atoms. The zero-order valence-electron chi connectivity index (χ0n) is 36.7. The third kappa shape index (κ3) is 7.66. The maximum Gasteiger partial charge on any atom is 0.160 e. The summed E-state index contributed by atoms with van der Waals surface area (Å²) in [6, 6.07) is 80.4. The number of para-hydroxylation sites is 3. The second-order valence-corrected chi connectivity index (χ2v) is 16.9. The van der Waals surface area contributed by atoms with Crippen molar-refractivity contribution in [1.29, 1.82) is 0 Å². The van der Waals surface area contributed by atoms with Gasteiger partial charge in [-0.2, -0.15) is 0 Å². The van der Waals surface area contributed by atoms with Crippen LogP contribution in [-0.2, 0) is 0 Å². The zero-order valence-corrected chi connectivity index (χ0v) is 36.7. The van der Waals surface area contributed by atoms with Crippen molar-refractivity contribution in [2.24, 2.45) is 0 Å². The van der Waals surface area contributed by atoms with E-state index in [0.717, 1.165) is 62.2 Å². The van der Waals surface area contributed by atoms with E-state index in [9.17, 15) is 0 Å². The van der Waals surface area contributed by atoms with Crippen LogP contribution in [0.3, 0.4) is 0 Å². The summed E-state index contributed by atoms with van der Waals surface area (Å²) in [4.78, 5) is 12.5. The van der Waals surface area contributed by atoms with Crippen molar-refractivity contribution >= 4 is 38.9 Å². The van der Waals surface area contributed by atoms with Crippen molar-refractivity contribution in [2.45, 2.75) is 20.8 Å². The summed E-state index contributed by atoms with van der Waals surface area (Å²) in [5.74, 6) is 0.726. The lowest BCUT2D eigenvalue weighted by Crippen LogP contribution is -2.09. The number of rotatable bonds is 9. The second-order valence-electron chi connectivity index (χ2n) is 16.9. The fourth-order valence-electron chi connectivity index (χ4n) is 9.06. The van der Waals surface area contributed by atoms with Crippen LogP contribution in [-0.4, -0.2) is 14.5 Å². The summed E-state index contributed by atoms with van der Waals surface area (Å²) in [6.07, 6.45) is 0. The van der Waals surface area contributed by atoms with Crippen molar-refractivity contribution in [2.75, 3.05) is 4.90 Å². The Hall–Kier alpha value is -8.34. The lowest BCUT2D eigenvalue weighted by atomic mass is 9.96. The number of hydrogen-bond donors (Lipinski definition) is 0. The van der Waals surface area contributed by atoms with Gasteiger partial charge in [0, 0.05) is 50.2 Å². The normalized spacial score (nSPS) is 11.3. The second kappa shape index (κ2) is 16.7. The first-order chi connectivity index (χ1) is 31.9. The van der Waals surface area contributed by atoms with Gasteiger partial charge in [0.1, 0.15) is 0 Å². The third-order valence-corrected chi connectivity index (χ3v) is 12.5. The molecule has 0 amide bonds. The summed E-state index contributed by atoms with van der Waals surface area (Å²) >= 11 is 0. The lowest BCUT2D eigenvalue weighted by molar-refractivity contribution is 1.18. The highest BCUT2D eigenvalue weighted by Gasteiger charge is 2.18. The highest BCUT2D eigenvalue weighted by atomic mass is 15.1. The first kappa shape index (κ1) is 39.5. The molecule has 9 aromatic carbocycles. The molecule has 0 aliphatic rings. The van der Waals surface area contributed by atoms with Gasteiger partial charge in [-0.05, 0) is 115 Å². The summed E-state index contributed by atoms with van der Waals surface area (Å²) < 4.78 is 2.39. The predicted octanol–water partition coefficient (Wildman–Crippen LogP) is 16.3.